The molecule has 0 fully saturated rings. The van der Waals surface area contributed by atoms with Crippen molar-refractivity contribution in [3.63, 3.8) is 0 Å². The second-order valence-electron chi connectivity index (χ2n) is 5.09. The molecule has 7 nitrogen and oxygen atoms in total. The van der Waals surface area contributed by atoms with E-state index in [-0.39, 0.29) is 17.1 Å². The van der Waals surface area contributed by atoms with Crippen molar-refractivity contribution in [3.05, 3.63) is 28.8 Å². The summed E-state index contributed by atoms with van der Waals surface area (Å²) in [4.78, 5) is 35.1. The van der Waals surface area contributed by atoms with Gasteiger partial charge in [0.15, 0.2) is 11.8 Å². The van der Waals surface area contributed by atoms with Gasteiger partial charge in [0.2, 0.25) is 0 Å². The predicted molar refractivity (Wildman–Crippen MR) is 82.9 cm³/mol. The third-order valence-electron chi connectivity index (χ3n) is 3.32. The van der Waals surface area contributed by atoms with E-state index in [2.05, 4.69) is 5.32 Å². The van der Waals surface area contributed by atoms with Crippen LogP contribution in [0.2, 0.25) is 0 Å². The Bertz CT molecular complexity index is 611. The number of carboxylic acids is 1. The molecule has 0 radical (unpaired) electrons. The summed E-state index contributed by atoms with van der Waals surface area (Å²) in [5.41, 5.74) is 1.15. The van der Waals surface area contributed by atoms with Crippen LogP contribution in [0.1, 0.15) is 46.0 Å². The summed E-state index contributed by atoms with van der Waals surface area (Å²) in [6.45, 7) is 2.86. The maximum absolute atomic E-state index is 12.1. The van der Waals surface area contributed by atoms with Crippen molar-refractivity contribution in [2.45, 2.75) is 32.7 Å². The van der Waals surface area contributed by atoms with Crippen LogP contribution in [0.5, 0.6) is 5.75 Å². The lowest BCUT2D eigenvalue weighted by atomic mass is 9.97. The van der Waals surface area contributed by atoms with Gasteiger partial charge in [-0.25, -0.2) is 4.79 Å². The van der Waals surface area contributed by atoms with Gasteiger partial charge in [0.25, 0.3) is 5.91 Å². The Labute approximate surface area is 134 Å². The summed E-state index contributed by atoms with van der Waals surface area (Å²) >= 11 is 0. The fourth-order valence-corrected chi connectivity index (χ4v) is 2.18. The number of methoxy groups -OCH3 is 1. The van der Waals surface area contributed by atoms with Gasteiger partial charge < -0.3 is 20.3 Å². The van der Waals surface area contributed by atoms with Crippen molar-refractivity contribution in [3.8, 4) is 5.75 Å². The van der Waals surface area contributed by atoms with Crippen molar-refractivity contribution in [2.24, 2.45) is 0 Å². The zero-order valence-corrected chi connectivity index (χ0v) is 13.4. The van der Waals surface area contributed by atoms with Crippen LogP contribution in [-0.4, -0.2) is 47.6 Å². The maximum Gasteiger partial charge on any atom is 0.328 e. The number of amides is 1. The Balaban J connectivity index is 3.15. The highest BCUT2D eigenvalue weighted by molar-refractivity contribution is 6.03. The van der Waals surface area contributed by atoms with Crippen LogP contribution >= 0.6 is 0 Å². The zero-order chi connectivity index (χ0) is 17.6. The van der Waals surface area contributed by atoms with E-state index >= 15 is 0 Å². The van der Waals surface area contributed by atoms with Crippen molar-refractivity contribution in [2.75, 3.05) is 13.7 Å². The highest BCUT2D eigenvalue weighted by Crippen LogP contribution is 2.26. The molecule has 1 unspecified atom stereocenters. The van der Waals surface area contributed by atoms with Gasteiger partial charge in [0.1, 0.15) is 5.75 Å². The standard InChI is InChI=1S/C16H21NO6/c1-4-5-12(19)14-9(2)6-10(7-13(14)23-3)15(20)17-11(8-18)16(21)22/h6-7,11,18H,4-5,8H2,1-3H3,(H,17,20)(H,21,22). The number of carbonyl (C=O) groups is 3. The molecule has 126 valence electrons. The van der Waals surface area contributed by atoms with Gasteiger partial charge in [-0.3, -0.25) is 9.59 Å². The number of rotatable bonds is 8. The topological polar surface area (TPSA) is 113 Å². The van der Waals surface area contributed by atoms with Gasteiger partial charge in [0.05, 0.1) is 19.3 Å². The van der Waals surface area contributed by atoms with Crippen LogP contribution in [0.4, 0.5) is 0 Å². The van der Waals surface area contributed by atoms with Gasteiger partial charge in [-0.2, -0.15) is 0 Å². The first-order valence-electron chi connectivity index (χ1n) is 7.22. The summed E-state index contributed by atoms with van der Waals surface area (Å²) in [5, 5.41) is 20.0. The molecular weight excluding hydrogens is 302 g/mol. The number of hydrogen-bond acceptors (Lipinski definition) is 5. The number of Topliss-reactive ketones (excluding diaryl/α,β-unsaturated/α-hetero) is 1. The maximum atomic E-state index is 12.1. The molecule has 0 bridgehead atoms. The number of nitrogens with one attached hydrogen (secondary N) is 1. The molecule has 0 aliphatic carbocycles. The summed E-state index contributed by atoms with van der Waals surface area (Å²) in [6, 6.07) is 1.49. The van der Waals surface area contributed by atoms with E-state index in [9.17, 15) is 14.4 Å². The third kappa shape index (κ3) is 4.53. The van der Waals surface area contributed by atoms with E-state index in [1.54, 1.807) is 6.92 Å². The lowest BCUT2D eigenvalue weighted by Crippen LogP contribution is -2.43. The number of aliphatic carboxylic acids is 1. The van der Waals surface area contributed by atoms with E-state index in [1.807, 2.05) is 6.92 Å². The molecule has 0 saturated carbocycles. The van der Waals surface area contributed by atoms with Crippen LogP contribution < -0.4 is 10.1 Å². The largest absolute Gasteiger partial charge is 0.496 e. The minimum Gasteiger partial charge on any atom is -0.496 e. The van der Waals surface area contributed by atoms with Crippen molar-refractivity contribution in [1.29, 1.82) is 0 Å². The SMILES string of the molecule is CCCC(=O)c1c(C)cc(C(=O)NC(CO)C(=O)O)cc1OC. The van der Waals surface area contributed by atoms with Crippen LogP contribution in [-0.2, 0) is 4.79 Å². The molecule has 0 aromatic heterocycles. The number of ether oxygens (including phenoxy) is 1. The Kier molecular flexibility index (Phi) is 6.71. The molecule has 3 N–H and O–H groups in total. The zero-order valence-electron chi connectivity index (χ0n) is 13.4. The highest BCUT2D eigenvalue weighted by Gasteiger charge is 2.22. The Morgan fingerprint density at radius 3 is 2.43 bits per heavy atom. The van der Waals surface area contributed by atoms with Crippen LogP contribution in [0, 0.1) is 6.92 Å². The number of aliphatic hydroxyl groups is 1. The van der Waals surface area contributed by atoms with Crippen LogP contribution in [0.3, 0.4) is 0 Å². The highest BCUT2D eigenvalue weighted by atomic mass is 16.5. The molecule has 0 saturated heterocycles. The molecule has 1 atom stereocenters. The van der Waals surface area contributed by atoms with Crippen molar-refractivity contribution in [1.82, 2.24) is 5.32 Å². The number of carboxylic acid groups (broad SMARTS) is 1. The lowest BCUT2D eigenvalue weighted by Gasteiger charge is -2.15. The first-order chi connectivity index (χ1) is 10.8. The summed E-state index contributed by atoms with van der Waals surface area (Å²) in [5.74, 6) is -1.81. The Hall–Kier alpha value is -2.41. The smallest absolute Gasteiger partial charge is 0.328 e. The van der Waals surface area contributed by atoms with E-state index < -0.39 is 24.5 Å². The molecular formula is C16H21NO6. The molecule has 23 heavy (non-hydrogen) atoms. The summed E-state index contributed by atoms with van der Waals surface area (Å²) < 4.78 is 5.20. The average Bonchev–Trinajstić information content (AvgIpc) is 2.51. The monoisotopic (exact) mass is 323 g/mol. The fraction of sp³-hybridized carbons (Fsp3) is 0.438. The number of ketones is 1. The molecule has 0 heterocycles. The van der Waals surface area contributed by atoms with E-state index in [1.165, 1.54) is 19.2 Å². The predicted octanol–water partition coefficient (Wildman–Crippen LogP) is 1.16. The average molecular weight is 323 g/mol. The van der Waals surface area contributed by atoms with E-state index in [0.29, 0.717) is 24.0 Å². The summed E-state index contributed by atoms with van der Waals surface area (Å²) in [7, 11) is 1.40. The third-order valence-corrected chi connectivity index (χ3v) is 3.32. The molecule has 7 heteroatoms. The second kappa shape index (κ2) is 8.28. The molecule has 1 amide bonds. The normalized spacial score (nSPS) is 11.7. The molecule has 0 spiro atoms. The van der Waals surface area contributed by atoms with E-state index in [0.717, 1.165) is 0 Å². The van der Waals surface area contributed by atoms with Gasteiger partial charge in [-0.15, -0.1) is 0 Å². The Morgan fingerprint density at radius 2 is 1.96 bits per heavy atom. The first-order valence-corrected chi connectivity index (χ1v) is 7.22. The van der Waals surface area contributed by atoms with E-state index in [4.69, 9.17) is 14.9 Å². The minimum absolute atomic E-state index is 0.0763. The first kappa shape index (κ1) is 18.6. The number of benzene rings is 1. The lowest BCUT2D eigenvalue weighted by molar-refractivity contribution is -0.140. The number of hydrogen-bond donors (Lipinski definition) is 3. The molecule has 0 aliphatic heterocycles. The van der Waals surface area contributed by atoms with Gasteiger partial charge in [-0.1, -0.05) is 6.92 Å². The molecule has 1 aromatic rings. The second-order valence-corrected chi connectivity index (χ2v) is 5.09. The van der Waals surface area contributed by atoms with Crippen molar-refractivity contribution < 1.29 is 29.3 Å². The quantitative estimate of drug-likeness (QED) is 0.619. The minimum atomic E-state index is -1.39. The van der Waals surface area contributed by atoms with Gasteiger partial charge >= 0.3 is 5.97 Å². The molecule has 0 aliphatic rings. The van der Waals surface area contributed by atoms with Gasteiger partial charge in [-0.05, 0) is 31.0 Å². The fourth-order valence-electron chi connectivity index (χ4n) is 2.18. The summed E-state index contributed by atoms with van der Waals surface area (Å²) in [6.07, 6.45) is 1.06. The number of aliphatic hydroxyl groups excluding tert-OH is 1. The number of carbonyl (C=O) groups excluding carboxylic acids is 2. The molecule has 1 rings (SSSR count). The van der Waals surface area contributed by atoms with Gasteiger partial charge in [0, 0.05) is 12.0 Å². The van der Waals surface area contributed by atoms with Crippen LogP contribution in [0.25, 0.3) is 0 Å². The number of aryl methyl sites for hydroxylation is 1. The van der Waals surface area contributed by atoms with Crippen LogP contribution in [0.15, 0.2) is 12.1 Å². The van der Waals surface area contributed by atoms with Crippen molar-refractivity contribution >= 4 is 17.7 Å². The Morgan fingerprint density at radius 1 is 1.30 bits per heavy atom. The molecule has 1 aromatic carbocycles.